The van der Waals surface area contributed by atoms with Crippen molar-refractivity contribution in [2.45, 2.75) is 26.4 Å². The van der Waals surface area contributed by atoms with Crippen molar-refractivity contribution in [1.82, 2.24) is 0 Å². The fraction of sp³-hybridized carbons (Fsp3) is 0.545. The van der Waals surface area contributed by atoms with Gasteiger partial charge in [0.2, 0.25) is 0 Å². The van der Waals surface area contributed by atoms with Gasteiger partial charge in [-0.25, -0.2) is 0 Å². The Bertz CT molecular complexity index is 366. The van der Waals surface area contributed by atoms with Gasteiger partial charge in [-0.3, -0.25) is 4.79 Å². The molecule has 1 aliphatic heterocycles. The Morgan fingerprint density at radius 3 is 2.87 bits per heavy atom. The van der Waals surface area contributed by atoms with Gasteiger partial charge >= 0.3 is 0 Å². The maximum atomic E-state index is 12.1. The topological polar surface area (TPSA) is 26.3 Å². The minimum absolute atomic E-state index is 0.0601. The molecule has 0 amide bonds. The zero-order chi connectivity index (χ0) is 11.0. The smallest absolute Gasteiger partial charge is 0.178 e. The average molecular weight is 289 g/mol. The predicted molar refractivity (Wildman–Crippen MR) is 64.6 cm³/mol. The quantitative estimate of drug-likeness (QED) is 0.780. The van der Waals surface area contributed by atoms with Crippen molar-refractivity contribution in [2.75, 3.05) is 6.61 Å². The number of carbonyl (C=O) groups is 1. The van der Waals surface area contributed by atoms with Crippen LogP contribution in [0.2, 0.25) is 0 Å². The average Bonchev–Trinajstić information content (AvgIpc) is 2.74. The van der Waals surface area contributed by atoms with E-state index in [1.165, 1.54) is 11.3 Å². The van der Waals surface area contributed by atoms with Crippen molar-refractivity contribution < 1.29 is 9.53 Å². The second-order valence-corrected chi connectivity index (χ2v) is 6.38. The largest absolute Gasteiger partial charge is 0.378 e. The van der Waals surface area contributed by atoms with Crippen LogP contribution in [0, 0.1) is 12.8 Å². The summed E-state index contributed by atoms with van der Waals surface area (Å²) < 4.78 is 6.47. The van der Waals surface area contributed by atoms with Crippen molar-refractivity contribution in [3.05, 3.63) is 20.3 Å². The SMILES string of the molecule is Cc1cc(C(=O)C2COC(C)C2)sc1Br. The first-order valence-corrected chi connectivity index (χ1v) is 6.60. The van der Waals surface area contributed by atoms with Gasteiger partial charge in [0.05, 0.1) is 21.4 Å². The second-order valence-electron chi connectivity index (χ2n) is 4.01. The van der Waals surface area contributed by atoms with E-state index in [1.807, 2.05) is 19.9 Å². The van der Waals surface area contributed by atoms with Gasteiger partial charge in [-0.05, 0) is 47.8 Å². The summed E-state index contributed by atoms with van der Waals surface area (Å²) in [5, 5.41) is 0. The summed E-state index contributed by atoms with van der Waals surface area (Å²) in [7, 11) is 0. The Morgan fingerprint density at radius 1 is 1.67 bits per heavy atom. The number of aryl methyl sites for hydroxylation is 1. The van der Waals surface area contributed by atoms with Crippen molar-refractivity contribution in [3.8, 4) is 0 Å². The van der Waals surface area contributed by atoms with Gasteiger partial charge in [-0.15, -0.1) is 11.3 Å². The summed E-state index contributed by atoms with van der Waals surface area (Å²) in [6.07, 6.45) is 1.08. The molecule has 0 spiro atoms. The Labute approximate surface area is 102 Å². The number of ketones is 1. The van der Waals surface area contributed by atoms with Gasteiger partial charge in [0.1, 0.15) is 0 Å². The molecule has 2 unspecified atom stereocenters. The van der Waals surface area contributed by atoms with Gasteiger partial charge in [0.15, 0.2) is 5.78 Å². The number of Topliss-reactive ketones (excluding diaryl/α,β-unsaturated/α-hetero) is 1. The number of thiophene rings is 1. The lowest BCUT2D eigenvalue weighted by molar-refractivity contribution is 0.0881. The third-order valence-corrected chi connectivity index (χ3v) is 4.82. The molecule has 1 fully saturated rings. The van der Waals surface area contributed by atoms with Crippen LogP contribution in [0.15, 0.2) is 9.85 Å². The van der Waals surface area contributed by atoms with Crippen LogP contribution >= 0.6 is 27.3 Å². The molecule has 2 rings (SSSR count). The van der Waals surface area contributed by atoms with E-state index in [1.54, 1.807) is 0 Å². The molecule has 0 saturated carbocycles. The Balaban J connectivity index is 2.14. The lowest BCUT2D eigenvalue weighted by Gasteiger charge is -2.03. The van der Waals surface area contributed by atoms with Crippen LogP contribution in [0.4, 0.5) is 0 Å². The van der Waals surface area contributed by atoms with E-state index < -0.39 is 0 Å². The Morgan fingerprint density at radius 2 is 2.40 bits per heavy atom. The summed E-state index contributed by atoms with van der Waals surface area (Å²) in [5.74, 6) is 0.295. The lowest BCUT2D eigenvalue weighted by Crippen LogP contribution is -2.13. The van der Waals surface area contributed by atoms with E-state index in [-0.39, 0.29) is 17.8 Å². The van der Waals surface area contributed by atoms with Gasteiger partial charge in [0.25, 0.3) is 0 Å². The molecule has 0 N–H and O–H groups in total. The molecule has 0 aliphatic carbocycles. The summed E-state index contributed by atoms with van der Waals surface area (Å²) >= 11 is 4.96. The highest BCUT2D eigenvalue weighted by Crippen LogP contribution is 2.31. The summed E-state index contributed by atoms with van der Waals surface area (Å²) in [4.78, 5) is 12.9. The zero-order valence-corrected chi connectivity index (χ0v) is 11.2. The standard InChI is InChI=1S/C11H13BrO2S/c1-6-3-9(15-11(6)12)10(13)8-4-7(2)14-5-8/h3,7-8H,4-5H2,1-2H3. The monoisotopic (exact) mass is 288 g/mol. The third-order valence-electron chi connectivity index (χ3n) is 2.67. The van der Waals surface area contributed by atoms with Crippen LogP contribution in [0.3, 0.4) is 0 Å². The van der Waals surface area contributed by atoms with E-state index in [9.17, 15) is 4.79 Å². The second kappa shape index (κ2) is 4.36. The minimum atomic E-state index is 0.0601. The van der Waals surface area contributed by atoms with Gasteiger partial charge in [-0.2, -0.15) is 0 Å². The fourth-order valence-electron chi connectivity index (χ4n) is 1.78. The van der Waals surface area contributed by atoms with E-state index >= 15 is 0 Å². The van der Waals surface area contributed by atoms with Gasteiger partial charge in [0, 0.05) is 5.92 Å². The molecule has 1 saturated heterocycles. The number of carbonyl (C=O) groups excluding carboxylic acids is 1. The van der Waals surface area contributed by atoms with Crippen molar-refractivity contribution >= 4 is 33.0 Å². The minimum Gasteiger partial charge on any atom is -0.378 e. The maximum absolute atomic E-state index is 12.1. The van der Waals surface area contributed by atoms with Crippen molar-refractivity contribution in [2.24, 2.45) is 5.92 Å². The molecular formula is C11H13BrO2S. The van der Waals surface area contributed by atoms with Crippen LogP contribution in [0.1, 0.15) is 28.6 Å². The highest BCUT2D eigenvalue weighted by atomic mass is 79.9. The van der Waals surface area contributed by atoms with E-state index in [4.69, 9.17) is 4.74 Å². The number of rotatable bonds is 2. The van der Waals surface area contributed by atoms with E-state index in [0.29, 0.717) is 6.61 Å². The molecule has 0 radical (unpaired) electrons. The molecule has 82 valence electrons. The molecule has 1 aromatic rings. The first-order chi connectivity index (χ1) is 7.08. The summed E-state index contributed by atoms with van der Waals surface area (Å²) in [6.45, 7) is 4.60. The van der Waals surface area contributed by atoms with Crippen LogP contribution in [-0.2, 0) is 4.74 Å². The van der Waals surface area contributed by atoms with Crippen molar-refractivity contribution in [3.63, 3.8) is 0 Å². The molecule has 0 aromatic carbocycles. The molecule has 15 heavy (non-hydrogen) atoms. The summed E-state index contributed by atoms with van der Waals surface area (Å²) in [5.41, 5.74) is 1.13. The summed E-state index contributed by atoms with van der Waals surface area (Å²) in [6, 6.07) is 1.96. The number of hydrogen-bond donors (Lipinski definition) is 0. The Kier molecular flexibility index (Phi) is 3.28. The lowest BCUT2D eigenvalue weighted by atomic mass is 10.00. The van der Waals surface area contributed by atoms with E-state index in [0.717, 1.165) is 20.6 Å². The fourth-order valence-corrected chi connectivity index (χ4v) is 3.34. The Hall–Kier alpha value is -0.190. The van der Waals surface area contributed by atoms with E-state index in [2.05, 4.69) is 15.9 Å². The van der Waals surface area contributed by atoms with Crippen LogP contribution < -0.4 is 0 Å². The predicted octanol–water partition coefficient (Wildman–Crippen LogP) is 3.43. The highest BCUT2D eigenvalue weighted by Gasteiger charge is 2.29. The normalized spacial score (nSPS) is 25.8. The first-order valence-electron chi connectivity index (χ1n) is 4.99. The first kappa shape index (κ1) is 11.3. The van der Waals surface area contributed by atoms with Gasteiger partial charge in [-0.1, -0.05) is 0 Å². The molecule has 2 nitrogen and oxygen atoms in total. The van der Waals surface area contributed by atoms with Crippen LogP contribution in [0.5, 0.6) is 0 Å². The number of ether oxygens (including phenoxy) is 1. The molecule has 1 aliphatic rings. The molecule has 1 aromatic heterocycles. The molecular weight excluding hydrogens is 276 g/mol. The van der Waals surface area contributed by atoms with Crippen LogP contribution in [0.25, 0.3) is 0 Å². The zero-order valence-electron chi connectivity index (χ0n) is 8.75. The molecule has 4 heteroatoms. The number of halogens is 1. The highest BCUT2D eigenvalue weighted by molar-refractivity contribution is 9.11. The van der Waals surface area contributed by atoms with Crippen LogP contribution in [-0.4, -0.2) is 18.5 Å². The van der Waals surface area contributed by atoms with Gasteiger partial charge < -0.3 is 4.74 Å². The van der Waals surface area contributed by atoms with Crippen molar-refractivity contribution in [1.29, 1.82) is 0 Å². The molecule has 2 atom stereocenters. The molecule has 0 bridgehead atoms. The third kappa shape index (κ3) is 2.32. The molecule has 2 heterocycles. The maximum Gasteiger partial charge on any atom is 0.178 e. The number of hydrogen-bond acceptors (Lipinski definition) is 3.